The van der Waals surface area contributed by atoms with E-state index in [-0.39, 0.29) is 5.78 Å². The quantitative estimate of drug-likeness (QED) is 0.199. The molecule has 6 rings (SSSR count). The Hall–Kier alpha value is -4.76. The Kier molecular flexibility index (Phi) is 5.28. The van der Waals surface area contributed by atoms with Gasteiger partial charge in [0.15, 0.2) is 5.78 Å². The molecule has 0 atom stereocenters. The molecular weight excluding hydrogens is 428 g/mol. The fourth-order valence-electron chi connectivity index (χ4n) is 4.61. The van der Waals surface area contributed by atoms with Crippen LogP contribution in [0.3, 0.4) is 0 Å². The van der Waals surface area contributed by atoms with Gasteiger partial charge >= 0.3 is 0 Å². The van der Waals surface area contributed by atoms with Crippen LogP contribution in [-0.2, 0) is 0 Å². The first-order valence-corrected chi connectivity index (χ1v) is 11.6. The van der Waals surface area contributed by atoms with Crippen LogP contribution < -0.4 is 0 Å². The van der Waals surface area contributed by atoms with Crippen molar-refractivity contribution in [3.63, 3.8) is 0 Å². The van der Waals surface area contributed by atoms with E-state index in [4.69, 9.17) is 4.98 Å². The largest absolute Gasteiger partial charge is 0.314 e. The molecule has 3 nitrogen and oxygen atoms in total. The van der Waals surface area contributed by atoms with Crippen LogP contribution in [0.1, 0.15) is 15.9 Å². The van der Waals surface area contributed by atoms with Gasteiger partial charge in [0, 0.05) is 17.1 Å². The van der Waals surface area contributed by atoms with Crippen LogP contribution in [0.2, 0.25) is 0 Å². The molecule has 0 saturated heterocycles. The first-order valence-electron chi connectivity index (χ1n) is 11.6. The number of rotatable bonds is 5. The average molecular weight is 451 g/mol. The molecule has 3 heterocycles. The molecule has 0 saturated carbocycles. The lowest BCUT2D eigenvalue weighted by Crippen LogP contribution is -1.97. The van der Waals surface area contributed by atoms with E-state index < -0.39 is 0 Å². The zero-order valence-corrected chi connectivity index (χ0v) is 19.0. The number of allylic oxidation sites excluding steroid dienone is 1. The summed E-state index contributed by atoms with van der Waals surface area (Å²) in [4.78, 5) is 18.8. The SMILES string of the molecule is O=C(/C=C/c1ccccc1)c1c(-c2ccccc2)c(-c2ccc3ccccc3n2)n2ccccc12. The van der Waals surface area contributed by atoms with Crippen molar-refractivity contribution >= 4 is 28.3 Å². The Bertz CT molecular complexity index is 1700. The van der Waals surface area contributed by atoms with Crippen molar-refractivity contribution in [2.45, 2.75) is 0 Å². The first kappa shape index (κ1) is 20.8. The summed E-state index contributed by atoms with van der Waals surface area (Å²) in [5.74, 6) is -0.0385. The number of hydrogen-bond acceptors (Lipinski definition) is 2. The maximum Gasteiger partial charge on any atom is 0.188 e. The van der Waals surface area contributed by atoms with Crippen molar-refractivity contribution in [2.75, 3.05) is 0 Å². The van der Waals surface area contributed by atoms with Gasteiger partial charge in [-0.3, -0.25) is 4.79 Å². The van der Waals surface area contributed by atoms with Crippen molar-refractivity contribution < 1.29 is 4.79 Å². The van der Waals surface area contributed by atoms with Gasteiger partial charge < -0.3 is 4.40 Å². The number of aromatic nitrogens is 2. The zero-order chi connectivity index (χ0) is 23.6. The lowest BCUT2D eigenvalue weighted by molar-refractivity contribution is 0.105. The predicted molar refractivity (Wildman–Crippen MR) is 143 cm³/mol. The second kappa shape index (κ2) is 8.88. The maximum absolute atomic E-state index is 13.8. The summed E-state index contributed by atoms with van der Waals surface area (Å²) in [6.45, 7) is 0. The molecule has 3 aromatic carbocycles. The van der Waals surface area contributed by atoms with E-state index >= 15 is 0 Å². The molecule has 0 aliphatic rings. The van der Waals surface area contributed by atoms with Gasteiger partial charge in [-0.15, -0.1) is 0 Å². The van der Waals surface area contributed by atoms with Crippen LogP contribution in [0.5, 0.6) is 0 Å². The molecule has 166 valence electrons. The zero-order valence-electron chi connectivity index (χ0n) is 19.0. The number of carbonyl (C=O) groups is 1. The van der Waals surface area contributed by atoms with Gasteiger partial charge in [-0.05, 0) is 41.5 Å². The average Bonchev–Trinajstić information content (AvgIpc) is 3.28. The highest BCUT2D eigenvalue weighted by Crippen LogP contribution is 2.39. The lowest BCUT2D eigenvalue weighted by atomic mass is 9.96. The number of carbonyl (C=O) groups excluding carboxylic acids is 1. The summed E-state index contributed by atoms with van der Waals surface area (Å²) < 4.78 is 2.09. The Balaban J connectivity index is 1.63. The van der Waals surface area contributed by atoms with Gasteiger partial charge in [-0.25, -0.2) is 4.98 Å². The molecule has 0 radical (unpaired) electrons. The Morgan fingerprint density at radius 1 is 0.714 bits per heavy atom. The van der Waals surface area contributed by atoms with E-state index in [1.165, 1.54) is 0 Å². The number of benzene rings is 3. The van der Waals surface area contributed by atoms with E-state index in [1.807, 2.05) is 103 Å². The van der Waals surface area contributed by atoms with Gasteiger partial charge in [0.05, 0.1) is 28.0 Å². The number of fused-ring (bicyclic) bond motifs is 2. The van der Waals surface area contributed by atoms with Crippen molar-refractivity contribution in [1.82, 2.24) is 9.38 Å². The van der Waals surface area contributed by atoms with E-state index in [1.54, 1.807) is 6.08 Å². The van der Waals surface area contributed by atoms with Gasteiger partial charge in [0.25, 0.3) is 0 Å². The van der Waals surface area contributed by atoms with Gasteiger partial charge in [0.2, 0.25) is 0 Å². The third kappa shape index (κ3) is 3.83. The summed E-state index contributed by atoms with van der Waals surface area (Å²) in [5.41, 5.74) is 7.06. The molecule has 0 fully saturated rings. The third-order valence-electron chi connectivity index (χ3n) is 6.22. The Morgan fingerprint density at radius 3 is 2.26 bits per heavy atom. The number of nitrogens with zero attached hydrogens (tertiary/aromatic N) is 2. The summed E-state index contributed by atoms with van der Waals surface area (Å²) in [7, 11) is 0. The number of para-hydroxylation sites is 1. The highest BCUT2D eigenvalue weighted by molar-refractivity contribution is 6.18. The summed E-state index contributed by atoms with van der Waals surface area (Å²) in [6, 6.07) is 38.2. The highest BCUT2D eigenvalue weighted by Gasteiger charge is 2.24. The third-order valence-corrected chi connectivity index (χ3v) is 6.22. The van der Waals surface area contributed by atoms with Crippen molar-refractivity contribution in [3.8, 4) is 22.5 Å². The number of pyridine rings is 2. The topological polar surface area (TPSA) is 34.4 Å². The minimum Gasteiger partial charge on any atom is -0.314 e. The minimum atomic E-state index is -0.0385. The smallest absolute Gasteiger partial charge is 0.188 e. The summed E-state index contributed by atoms with van der Waals surface area (Å²) in [5, 5.41) is 1.08. The molecule has 3 heteroatoms. The highest BCUT2D eigenvalue weighted by atomic mass is 16.1. The van der Waals surface area contributed by atoms with Crippen LogP contribution in [0.15, 0.2) is 128 Å². The fraction of sp³-hybridized carbons (Fsp3) is 0. The van der Waals surface area contributed by atoms with Crippen LogP contribution in [-0.4, -0.2) is 15.2 Å². The van der Waals surface area contributed by atoms with Crippen molar-refractivity contribution in [3.05, 3.63) is 139 Å². The summed E-state index contributed by atoms with van der Waals surface area (Å²) >= 11 is 0. The molecule has 0 bridgehead atoms. The molecule has 35 heavy (non-hydrogen) atoms. The van der Waals surface area contributed by atoms with Crippen LogP contribution in [0, 0.1) is 0 Å². The molecule has 0 amide bonds. The van der Waals surface area contributed by atoms with Gasteiger partial charge in [0.1, 0.15) is 0 Å². The van der Waals surface area contributed by atoms with Gasteiger partial charge in [-0.1, -0.05) is 97.1 Å². The van der Waals surface area contributed by atoms with Gasteiger partial charge in [-0.2, -0.15) is 0 Å². The van der Waals surface area contributed by atoms with E-state index in [9.17, 15) is 4.79 Å². The Labute approximate surface area is 203 Å². The fourth-order valence-corrected chi connectivity index (χ4v) is 4.61. The second-order valence-corrected chi connectivity index (χ2v) is 8.42. The molecular formula is C32H22N2O. The molecule has 0 aliphatic carbocycles. The monoisotopic (exact) mass is 450 g/mol. The van der Waals surface area contributed by atoms with Crippen molar-refractivity contribution in [1.29, 1.82) is 0 Å². The molecule has 0 aliphatic heterocycles. The van der Waals surface area contributed by atoms with E-state index in [0.717, 1.165) is 44.5 Å². The predicted octanol–water partition coefficient (Wildman–Crippen LogP) is 7.72. The molecule has 0 unspecified atom stereocenters. The minimum absolute atomic E-state index is 0.0385. The first-order chi connectivity index (χ1) is 17.3. The second-order valence-electron chi connectivity index (χ2n) is 8.42. The lowest BCUT2D eigenvalue weighted by Gasteiger charge is -2.09. The number of ketones is 1. The normalized spacial score (nSPS) is 11.4. The molecule has 6 aromatic rings. The molecule has 3 aromatic heterocycles. The standard InChI is InChI=1S/C32H22N2O/c35-29(21-18-23-11-3-1-4-12-23)31-28-17-9-10-22-34(28)32(30(31)25-14-5-2-6-15-25)27-20-19-24-13-7-8-16-26(24)33-27/h1-22H/b21-18+. The van der Waals surface area contributed by atoms with E-state index in [0.29, 0.717) is 5.56 Å². The number of hydrogen-bond donors (Lipinski definition) is 0. The molecule has 0 spiro atoms. The van der Waals surface area contributed by atoms with Crippen molar-refractivity contribution in [2.24, 2.45) is 0 Å². The summed E-state index contributed by atoms with van der Waals surface area (Å²) in [6.07, 6.45) is 5.55. The molecule has 0 N–H and O–H groups in total. The van der Waals surface area contributed by atoms with E-state index in [2.05, 4.69) is 28.7 Å². The van der Waals surface area contributed by atoms with Crippen LogP contribution in [0.25, 0.3) is 45.0 Å². The maximum atomic E-state index is 13.8. The van der Waals surface area contributed by atoms with Crippen LogP contribution >= 0.6 is 0 Å². The Morgan fingerprint density at radius 2 is 1.43 bits per heavy atom. The van der Waals surface area contributed by atoms with Crippen LogP contribution in [0.4, 0.5) is 0 Å².